The number of piperidine rings is 1. The minimum Gasteiger partial charge on any atom is -0.494 e. The molecule has 0 radical (unpaired) electrons. The van der Waals surface area contributed by atoms with Gasteiger partial charge in [-0.3, -0.25) is 4.79 Å². The summed E-state index contributed by atoms with van der Waals surface area (Å²) in [7, 11) is -1.60. The summed E-state index contributed by atoms with van der Waals surface area (Å²) in [6, 6.07) is 5.91. The number of carbonyl (C=O) groups excluding carboxylic acids is 1. The normalized spacial score (nSPS) is 21.5. The van der Waals surface area contributed by atoms with E-state index in [1.54, 1.807) is 18.4 Å². The van der Waals surface area contributed by atoms with Gasteiger partial charge in [0.15, 0.2) is 5.13 Å². The summed E-state index contributed by atoms with van der Waals surface area (Å²) in [6.45, 7) is 3.50. The van der Waals surface area contributed by atoms with Gasteiger partial charge in [-0.25, -0.2) is 17.7 Å². The number of ether oxygens (including phenoxy) is 1. The molecular formula is C19H26N4O4S2. The van der Waals surface area contributed by atoms with E-state index in [2.05, 4.69) is 4.90 Å². The summed E-state index contributed by atoms with van der Waals surface area (Å²) in [4.78, 5) is 21.8. The first-order valence-electron chi connectivity index (χ1n) is 9.79. The topological polar surface area (TPSA) is 83.0 Å². The van der Waals surface area contributed by atoms with Gasteiger partial charge in [0.2, 0.25) is 15.9 Å². The van der Waals surface area contributed by atoms with Crippen LogP contribution < -0.4 is 9.64 Å². The van der Waals surface area contributed by atoms with Crippen molar-refractivity contribution in [2.45, 2.75) is 12.8 Å². The molecule has 2 fully saturated rings. The fraction of sp³-hybridized carbons (Fsp3) is 0.579. The van der Waals surface area contributed by atoms with E-state index in [1.807, 2.05) is 23.1 Å². The number of methoxy groups -OCH3 is 1. The van der Waals surface area contributed by atoms with Crippen molar-refractivity contribution in [3.8, 4) is 5.75 Å². The van der Waals surface area contributed by atoms with Gasteiger partial charge in [0.05, 0.1) is 24.0 Å². The molecule has 1 aromatic carbocycles. The van der Waals surface area contributed by atoms with Gasteiger partial charge in [-0.15, -0.1) is 0 Å². The Morgan fingerprint density at radius 1 is 1.21 bits per heavy atom. The number of hydrogen-bond acceptors (Lipinski definition) is 7. The highest BCUT2D eigenvalue weighted by atomic mass is 32.2. The Morgan fingerprint density at radius 2 is 1.97 bits per heavy atom. The Bertz CT molecular complexity index is 999. The lowest BCUT2D eigenvalue weighted by Crippen LogP contribution is -2.53. The molecule has 1 aromatic heterocycles. The van der Waals surface area contributed by atoms with Gasteiger partial charge in [0.25, 0.3) is 0 Å². The lowest BCUT2D eigenvalue weighted by atomic mass is 9.98. The van der Waals surface area contributed by atoms with Crippen LogP contribution in [0.4, 0.5) is 5.13 Å². The first-order chi connectivity index (χ1) is 13.9. The van der Waals surface area contributed by atoms with Crippen molar-refractivity contribution in [1.29, 1.82) is 0 Å². The Balaban J connectivity index is 1.40. The Kier molecular flexibility index (Phi) is 5.67. The van der Waals surface area contributed by atoms with Crippen molar-refractivity contribution in [3.05, 3.63) is 18.2 Å². The smallest absolute Gasteiger partial charge is 0.227 e. The van der Waals surface area contributed by atoms with E-state index in [9.17, 15) is 13.2 Å². The number of rotatable bonds is 4. The number of amides is 1. The Morgan fingerprint density at radius 3 is 2.66 bits per heavy atom. The molecule has 0 saturated carbocycles. The fourth-order valence-corrected chi connectivity index (χ4v) is 5.98. The number of fused-ring (bicyclic) bond motifs is 1. The molecule has 8 nitrogen and oxygen atoms in total. The molecule has 3 heterocycles. The van der Waals surface area contributed by atoms with Gasteiger partial charge >= 0.3 is 0 Å². The number of nitrogens with zero attached hydrogens (tertiary/aromatic N) is 4. The van der Waals surface area contributed by atoms with Gasteiger partial charge < -0.3 is 14.5 Å². The zero-order valence-corrected chi connectivity index (χ0v) is 18.3. The summed E-state index contributed by atoms with van der Waals surface area (Å²) < 4.78 is 31.6. The molecule has 2 aliphatic heterocycles. The van der Waals surface area contributed by atoms with E-state index in [0.717, 1.165) is 47.0 Å². The van der Waals surface area contributed by atoms with Gasteiger partial charge in [-0.2, -0.15) is 0 Å². The van der Waals surface area contributed by atoms with Crippen molar-refractivity contribution in [2.75, 3.05) is 57.5 Å². The van der Waals surface area contributed by atoms with E-state index in [1.165, 1.54) is 10.6 Å². The van der Waals surface area contributed by atoms with Crippen LogP contribution in [-0.4, -0.2) is 81.1 Å². The highest BCUT2D eigenvalue weighted by molar-refractivity contribution is 7.88. The second-order valence-corrected chi connectivity index (χ2v) is 10.6. The van der Waals surface area contributed by atoms with Crippen molar-refractivity contribution in [1.82, 2.24) is 14.2 Å². The monoisotopic (exact) mass is 438 g/mol. The Labute approximate surface area is 175 Å². The number of anilines is 1. The van der Waals surface area contributed by atoms with Crippen LogP contribution in [0.15, 0.2) is 18.2 Å². The zero-order chi connectivity index (χ0) is 20.6. The summed E-state index contributed by atoms with van der Waals surface area (Å²) in [5.74, 6) is 0.604. The van der Waals surface area contributed by atoms with E-state index >= 15 is 0 Å². The molecule has 0 N–H and O–H groups in total. The van der Waals surface area contributed by atoms with E-state index in [0.29, 0.717) is 26.2 Å². The van der Waals surface area contributed by atoms with Gasteiger partial charge in [-0.1, -0.05) is 17.4 Å². The van der Waals surface area contributed by atoms with Crippen molar-refractivity contribution < 1.29 is 17.9 Å². The number of hydrogen-bond donors (Lipinski definition) is 0. The van der Waals surface area contributed by atoms with Gasteiger partial charge in [0, 0.05) is 39.3 Å². The minimum atomic E-state index is -3.25. The molecule has 2 saturated heterocycles. The fourth-order valence-electron chi connectivity index (χ4n) is 4.03. The second kappa shape index (κ2) is 8.08. The standard InChI is InChI=1S/C19H26N4O4S2/c1-27-15-6-3-7-16-17(15)20-19(28-16)22-11-9-21(10-12-22)18(24)14-5-4-8-23(13-14)29(2,25)26/h3,6-7,14H,4-5,8-13H2,1-2H3. The van der Waals surface area contributed by atoms with E-state index in [4.69, 9.17) is 9.72 Å². The number of para-hydroxylation sites is 1. The molecule has 0 aliphatic carbocycles. The molecule has 1 atom stereocenters. The Hall–Kier alpha value is -1.91. The first-order valence-corrected chi connectivity index (χ1v) is 12.5. The van der Waals surface area contributed by atoms with Crippen LogP contribution in [0, 0.1) is 5.92 Å². The molecule has 1 amide bonds. The maximum atomic E-state index is 12.9. The number of benzene rings is 1. The maximum absolute atomic E-state index is 12.9. The van der Waals surface area contributed by atoms with Crippen LogP contribution in [0.2, 0.25) is 0 Å². The molecular weight excluding hydrogens is 412 g/mol. The number of carbonyl (C=O) groups is 1. The molecule has 10 heteroatoms. The molecule has 4 rings (SSSR count). The zero-order valence-electron chi connectivity index (χ0n) is 16.7. The highest BCUT2D eigenvalue weighted by Gasteiger charge is 2.34. The third kappa shape index (κ3) is 4.19. The number of thiazole rings is 1. The summed E-state index contributed by atoms with van der Waals surface area (Å²) in [5, 5.41) is 0.942. The third-order valence-corrected chi connectivity index (χ3v) is 8.01. The molecule has 0 spiro atoms. The molecule has 2 aromatic rings. The van der Waals surface area contributed by atoms with E-state index < -0.39 is 10.0 Å². The van der Waals surface area contributed by atoms with E-state index in [-0.39, 0.29) is 11.8 Å². The van der Waals surface area contributed by atoms with Crippen molar-refractivity contribution in [2.24, 2.45) is 5.92 Å². The average Bonchev–Trinajstić information content (AvgIpc) is 3.17. The van der Waals surface area contributed by atoms with Crippen LogP contribution in [-0.2, 0) is 14.8 Å². The van der Waals surface area contributed by atoms with Crippen LogP contribution in [0.25, 0.3) is 10.2 Å². The lowest BCUT2D eigenvalue weighted by Gasteiger charge is -2.38. The largest absolute Gasteiger partial charge is 0.494 e. The maximum Gasteiger partial charge on any atom is 0.227 e. The number of aromatic nitrogens is 1. The second-order valence-electron chi connectivity index (χ2n) is 7.58. The molecule has 0 bridgehead atoms. The SMILES string of the molecule is COc1cccc2sc(N3CCN(C(=O)C4CCCN(S(C)(=O)=O)C4)CC3)nc12. The summed E-state index contributed by atoms with van der Waals surface area (Å²) in [5.41, 5.74) is 0.872. The molecule has 158 valence electrons. The number of sulfonamides is 1. The minimum absolute atomic E-state index is 0.0731. The third-order valence-electron chi connectivity index (χ3n) is 5.65. The summed E-state index contributed by atoms with van der Waals surface area (Å²) in [6.07, 6.45) is 2.70. The predicted molar refractivity (Wildman–Crippen MR) is 114 cm³/mol. The van der Waals surface area contributed by atoms with Gasteiger partial charge in [-0.05, 0) is 25.0 Å². The van der Waals surface area contributed by atoms with Crippen molar-refractivity contribution >= 4 is 42.6 Å². The van der Waals surface area contributed by atoms with Crippen LogP contribution in [0.3, 0.4) is 0 Å². The lowest BCUT2D eigenvalue weighted by molar-refractivity contribution is -0.137. The molecule has 29 heavy (non-hydrogen) atoms. The first kappa shape index (κ1) is 20.4. The van der Waals surface area contributed by atoms with Crippen molar-refractivity contribution in [3.63, 3.8) is 0 Å². The van der Waals surface area contributed by atoms with Crippen LogP contribution >= 0.6 is 11.3 Å². The molecule has 1 unspecified atom stereocenters. The van der Waals surface area contributed by atoms with Gasteiger partial charge in [0.1, 0.15) is 11.3 Å². The highest BCUT2D eigenvalue weighted by Crippen LogP contribution is 2.34. The van der Waals surface area contributed by atoms with Crippen LogP contribution in [0.1, 0.15) is 12.8 Å². The quantitative estimate of drug-likeness (QED) is 0.722. The molecule has 2 aliphatic rings. The van der Waals surface area contributed by atoms with Crippen LogP contribution in [0.5, 0.6) is 5.75 Å². The predicted octanol–water partition coefficient (Wildman–Crippen LogP) is 1.63. The summed E-state index contributed by atoms with van der Waals surface area (Å²) >= 11 is 1.63. The number of piperazine rings is 1. The average molecular weight is 439 g/mol.